The van der Waals surface area contributed by atoms with E-state index in [1.54, 1.807) is 6.92 Å². The summed E-state index contributed by atoms with van der Waals surface area (Å²) in [5, 5.41) is 0. The molecule has 0 unspecified atom stereocenters. The highest BCUT2D eigenvalue weighted by Gasteiger charge is 2.20. The van der Waals surface area contributed by atoms with Crippen LogP contribution in [0.5, 0.6) is 0 Å². The number of hydrogen-bond acceptors (Lipinski definition) is 4. The highest BCUT2D eigenvalue weighted by Crippen LogP contribution is 2.30. The molecular weight excluding hydrogens is 328 g/mol. The van der Waals surface area contributed by atoms with E-state index in [2.05, 4.69) is 33.9 Å². The van der Waals surface area contributed by atoms with Crippen molar-refractivity contribution in [3.63, 3.8) is 0 Å². The molecule has 0 spiro atoms. The number of nitrogens with zero attached hydrogens (tertiary/aromatic N) is 2. The maximum atomic E-state index is 12.0. The number of aromatic amines is 2. The standard InChI is InChI=1S/C20H24N4O2/c1-4-15-18(13(3)25)12(2)21-19(15)20-22-16-6-5-14(11-17(16)23-20)24-7-9-26-10-8-24/h5-6,11,21H,4,7-10H2,1-3H3,(H,22,23). The number of ketones is 1. The molecule has 1 aliphatic heterocycles. The van der Waals surface area contributed by atoms with Crippen LogP contribution in [-0.2, 0) is 11.2 Å². The number of fused-ring (bicyclic) bond motifs is 1. The van der Waals surface area contributed by atoms with Crippen LogP contribution in [0, 0.1) is 6.92 Å². The number of H-pyrrole nitrogens is 2. The quantitative estimate of drug-likeness (QED) is 0.705. The van der Waals surface area contributed by atoms with E-state index >= 15 is 0 Å². The molecule has 0 saturated carbocycles. The summed E-state index contributed by atoms with van der Waals surface area (Å²) in [6.45, 7) is 8.97. The number of nitrogens with one attached hydrogen (secondary N) is 2. The van der Waals surface area contributed by atoms with Gasteiger partial charge in [0.2, 0.25) is 0 Å². The second kappa shape index (κ2) is 6.61. The Morgan fingerprint density at radius 2 is 2.04 bits per heavy atom. The predicted molar refractivity (Wildman–Crippen MR) is 103 cm³/mol. The molecule has 6 heteroatoms. The minimum Gasteiger partial charge on any atom is -0.378 e. The van der Waals surface area contributed by atoms with Crippen molar-refractivity contribution in [3.8, 4) is 11.5 Å². The van der Waals surface area contributed by atoms with Gasteiger partial charge in [-0.25, -0.2) is 4.98 Å². The third kappa shape index (κ3) is 2.80. The summed E-state index contributed by atoms with van der Waals surface area (Å²) in [5.74, 6) is 0.874. The Morgan fingerprint density at radius 3 is 2.73 bits per heavy atom. The van der Waals surface area contributed by atoms with Crippen LogP contribution in [-0.4, -0.2) is 47.0 Å². The number of benzene rings is 1. The molecule has 0 bridgehead atoms. The van der Waals surface area contributed by atoms with Gasteiger partial charge in [0.05, 0.1) is 29.9 Å². The van der Waals surface area contributed by atoms with Gasteiger partial charge in [0.15, 0.2) is 11.6 Å². The fraction of sp³-hybridized carbons (Fsp3) is 0.400. The minimum absolute atomic E-state index is 0.0903. The number of rotatable bonds is 4. The Labute approximate surface area is 152 Å². The van der Waals surface area contributed by atoms with E-state index in [1.807, 2.05) is 13.0 Å². The van der Waals surface area contributed by atoms with Gasteiger partial charge in [-0.05, 0) is 44.0 Å². The number of aryl methyl sites for hydroxylation is 1. The third-order valence-electron chi connectivity index (χ3n) is 5.08. The molecule has 2 aromatic heterocycles. The second-order valence-corrected chi connectivity index (χ2v) is 6.77. The summed E-state index contributed by atoms with van der Waals surface area (Å²) in [5.41, 5.74) is 6.75. The molecule has 4 rings (SSSR count). The van der Waals surface area contributed by atoms with E-state index in [1.165, 1.54) is 5.69 Å². The van der Waals surface area contributed by atoms with Crippen LogP contribution < -0.4 is 4.90 Å². The number of carbonyl (C=O) groups is 1. The molecule has 0 atom stereocenters. The zero-order valence-electron chi connectivity index (χ0n) is 15.5. The summed E-state index contributed by atoms with van der Waals surface area (Å²) in [6.07, 6.45) is 0.782. The first-order valence-corrected chi connectivity index (χ1v) is 9.13. The Bertz CT molecular complexity index is 964. The zero-order chi connectivity index (χ0) is 18.3. The molecule has 1 fully saturated rings. The molecule has 26 heavy (non-hydrogen) atoms. The van der Waals surface area contributed by atoms with E-state index in [0.717, 1.165) is 72.1 Å². The lowest BCUT2D eigenvalue weighted by Crippen LogP contribution is -2.36. The Morgan fingerprint density at radius 1 is 1.27 bits per heavy atom. The first kappa shape index (κ1) is 16.8. The molecule has 1 aliphatic rings. The van der Waals surface area contributed by atoms with Crippen molar-refractivity contribution in [1.29, 1.82) is 0 Å². The summed E-state index contributed by atoms with van der Waals surface area (Å²) >= 11 is 0. The lowest BCUT2D eigenvalue weighted by molar-refractivity contribution is 0.101. The fourth-order valence-corrected chi connectivity index (χ4v) is 3.84. The van der Waals surface area contributed by atoms with Crippen LogP contribution in [0.25, 0.3) is 22.6 Å². The molecular formula is C20H24N4O2. The van der Waals surface area contributed by atoms with E-state index in [9.17, 15) is 4.79 Å². The first-order valence-electron chi connectivity index (χ1n) is 9.13. The maximum absolute atomic E-state index is 12.0. The van der Waals surface area contributed by atoms with Crippen LogP contribution in [0.1, 0.15) is 35.5 Å². The van der Waals surface area contributed by atoms with Gasteiger partial charge in [-0.3, -0.25) is 4.79 Å². The van der Waals surface area contributed by atoms with Crippen molar-refractivity contribution in [3.05, 3.63) is 35.0 Å². The van der Waals surface area contributed by atoms with Crippen LogP contribution in [0.4, 0.5) is 5.69 Å². The summed E-state index contributed by atoms with van der Waals surface area (Å²) < 4.78 is 5.44. The summed E-state index contributed by atoms with van der Waals surface area (Å²) in [7, 11) is 0. The monoisotopic (exact) mass is 352 g/mol. The topological polar surface area (TPSA) is 74.0 Å². The lowest BCUT2D eigenvalue weighted by atomic mass is 10.0. The third-order valence-corrected chi connectivity index (χ3v) is 5.08. The molecule has 2 N–H and O–H groups in total. The van der Waals surface area contributed by atoms with E-state index in [-0.39, 0.29) is 5.78 Å². The maximum Gasteiger partial charge on any atom is 0.161 e. The van der Waals surface area contributed by atoms with Crippen molar-refractivity contribution in [2.45, 2.75) is 27.2 Å². The SMILES string of the molecule is CCc1c(-c2nc3ccc(N4CCOCC4)cc3[nH]2)[nH]c(C)c1C(C)=O. The summed E-state index contributed by atoms with van der Waals surface area (Å²) in [4.78, 5) is 25.9. The van der Waals surface area contributed by atoms with Gasteiger partial charge < -0.3 is 19.6 Å². The van der Waals surface area contributed by atoms with Crippen molar-refractivity contribution in [2.24, 2.45) is 0 Å². The molecule has 3 aromatic rings. The van der Waals surface area contributed by atoms with Crippen LogP contribution in [0.15, 0.2) is 18.2 Å². The Kier molecular flexibility index (Phi) is 4.28. The molecule has 1 aromatic carbocycles. The Balaban J connectivity index is 1.76. The first-order chi connectivity index (χ1) is 12.6. The van der Waals surface area contributed by atoms with E-state index < -0.39 is 0 Å². The highest BCUT2D eigenvalue weighted by atomic mass is 16.5. The molecule has 1 saturated heterocycles. The number of Topliss-reactive ketones (excluding diaryl/α,β-unsaturated/α-hetero) is 1. The van der Waals surface area contributed by atoms with Crippen molar-refractivity contribution < 1.29 is 9.53 Å². The van der Waals surface area contributed by atoms with Gasteiger partial charge in [0.1, 0.15) is 0 Å². The fourth-order valence-electron chi connectivity index (χ4n) is 3.84. The van der Waals surface area contributed by atoms with E-state index in [0.29, 0.717) is 0 Å². The highest BCUT2D eigenvalue weighted by molar-refractivity contribution is 5.99. The predicted octanol–water partition coefficient (Wildman–Crippen LogP) is 3.47. The van der Waals surface area contributed by atoms with Crippen LogP contribution in [0.3, 0.4) is 0 Å². The largest absolute Gasteiger partial charge is 0.378 e. The normalized spacial score (nSPS) is 15.0. The molecule has 136 valence electrons. The van der Waals surface area contributed by atoms with Gasteiger partial charge in [-0.2, -0.15) is 0 Å². The zero-order valence-corrected chi connectivity index (χ0v) is 15.5. The average molecular weight is 352 g/mol. The molecule has 0 radical (unpaired) electrons. The molecule has 0 aliphatic carbocycles. The van der Waals surface area contributed by atoms with Crippen LogP contribution in [0.2, 0.25) is 0 Å². The number of anilines is 1. The average Bonchev–Trinajstić information content (AvgIpc) is 3.21. The lowest BCUT2D eigenvalue weighted by Gasteiger charge is -2.28. The van der Waals surface area contributed by atoms with Crippen molar-refractivity contribution >= 4 is 22.5 Å². The van der Waals surface area contributed by atoms with E-state index in [4.69, 9.17) is 9.72 Å². The van der Waals surface area contributed by atoms with Crippen LogP contribution >= 0.6 is 0 Å². The van der Waals surface area contributed by atoms with Gasteiger partial charge in [0, 0.05) is 30.0 Å². The molecule has 3 heterocycles. The number of ether oxygens (including phenoxy) is 1. The van der Waals surface area contributed by atoms with Gasteiger partial charge in [-0.15, -0.1) is 0 Å². The summed E-state index contributed by atoms with van der Waals surface area (Å²) in [6, 6.07) is 6.30. The Hall–Kier alpha value is -2.60. The van der Waals surface area contributed by atoms with Crippen molar-refractivity contribution in [1.82, 2.24) is 15.0 Å². The number of morpholine rings is 1. The molecule has 6 nitrogen and oxygen atoms in total. The smallest absolute Gasteiger partial charge is 0.161 e. The number of imidazole rings is 1. The van der Waals surface area contributed by atoms with Crippen molar-refractivity contribution in [2.75, 3.05) is 31.2 Å². The minimum atomic E-state index is 0.0903. The van der Waals surface area contributed by atoms with Gasteiger partial charge in [-0.1, -0.05) is 6.92 Å². The second-order valence-electron chi connectivity index (χ2n) is 6.77. The number of hydrogen-bond donors (Lipinski definition) is 2. The molecule has 0 amide bonds. The number of carbonyl (C=O) groups excluding carboxylic acids is 1. The van der Waals surface area contributed by atoms with Gasteiger partial charge >= 0.3 is 0 Å². The van der Waals surface area contributed by atoms with Gasteiger partial charge in [0.25, 0.3) is 0 Å². The number of aromatic nitrogens is 3.